The minimum atomic E-state index is -0.149. The minimum absolute atomic E-state index is 0.149. The number of para-hydroxylation sites is 1. The summed E-state index contributed by atoms with van der Waals surface area (Å²) in [5.74, 6) is 0.0296. The summed E-state index contributed by atoms with van der Waals surface area (Å²) in [6.45, 7) is 2.85. The number of benzene rings is 2. The summed E-state index contributed by atoms with van der Waals surface area (Å²) in [5, 5.41) is 0. The van der Waals surface area contributed by atoms with Crippen molar-refractivity contribution in [1.29, 1.82) is 0 Å². The van der Waals surface area contributed by atoms with E-state index in [2.05, 4.69) is 28.9 Å². The molecular formula is C18H19BrN2O. The van der Waals surface area contributed by atoms with Crippen LogP contribution in [0.5, 0.6) is 0 Å². The van der Waals surface area contributed by atoms with Gasteiger partial charge < -0.3 is 10.6 Å². The van der Waals surface area contributed by atoms with Crippen molar-refractivity contribution in [3.8, 4) is 0 Å². The highest BCUT2D eigenvalue weighted by Gasteiger charge is 2.36. The van der Waals surface area contributed by atoms with Gasteiger partial charge in [-0.3, -0.25) is 4.79 Å². The lowest BCUT2D eigenvalue weighted by molar-refractivity contribution is -0.119. The lowest BCUT2D eigenvalue weighted by atomic mass is 9.92. The van der Waals surface area contributed by atoms with Crippen molar-refractivity contribution in [2.45, 2.75) is 25.7 Å². The van der Waals surface area contributed by atoms with Crippen LogP contribution in [-0.2, 0) is 11.2 Å². The second-order valence-electron chi connectivity index (χ2n) is 5.65. The van der Waals surface area contributed by atoms with E-state index in [-0.39, 0.29) is 11.8 Å². The molecule has 22 heavy (non-hydrogen) atoms. The zero-order chi connectivity index (χ0) is 15.7. The fraction of sp³-hybridized carbons (Fsp3) is 0.278. The van der Waals surface area contributed by atoms with E-state index < -0.39 is 0 Å². The topological polar surface area (TPSA) is 46.3 Å². The van der Waals surface area contributed by atoms with Crippen molar-refractivity contribution in [1.82, 2.24) is 0 Å². The van der Waals surface area contributed by atoms with E-state index in [1.54, 1.807) is 0 Å². The third-order valence-corrected chi connectivity index (χ3v) is 4.64. The molecule has 0 bridgehead atoms. The van der Waals surface area contributed by atoms with Crippen LogP contribution < -0.4 is 10.6 Å². The molecular weight excluding hydrogens is 340 g/mol. The SMILES string of the molecule is CCCN1C(=O)C(Cc2ccccc2N)c2cc(Br)ccc21. The standard InChI is InChI=1S/C18H19BrN2O/c1-2-9-21-17-8-7-13(19)11-14(17)15(18(21)22)10-12-5-3-4-6-16(12)20/h3-8,11,15H,2,9-10,20H2,1H3. The van der Waals surface area contributed by atoms with Crippen LogP contribution in [0.15, 0.2) is 46.9 Å². The highest BCUT2D eigenvalue weighted by atomic mass is 79.9. The highest BCUT2D eigenvalue weighted by molar-refractivity contribution is 9.10. The number of nitrogens with two attached hydrogens (primary N) is 1. The van der Waals surface area contributed by atoms with Crippen molar-refractivity contribution in [2.24, 2.45) is 0 Å². The van der Waals surface area contributed by atoms with Crippen LogP contribution in [-0.4, -0.2) is 12.5 Å². The molecule has 3 rings (SSSR count). The van der Waals surface area contributed by atoms with Crippen LogP contribution in [0.3, 0.4) is 0 Å². The lowest BCUT2D eigenvalue weighted by Crippen LogP contribution is -2.30. The van der Waals surface area contributed by atoms with Crippen LogP contribution in [0, 0.1) is 0 Å². The number of nitrogens with zero attached hydrogens (tertiary/aromatic N) is 1. The number of nitrogen functional groups attached to an aromatic ring is 1. The maximum absolute atomic E-state index is 12.8. The zero-order valence-electron chi connectivity index (χ0n) is 12.6. The predicted octanol–water partition coefficient (Wildman–Crippen LogP) is 4.11. The first kappa shape index (κ1) is 15.1. The summed E-state index contributed by atoms with van der Waals surface area (Å²) >= 11 is 3.52. The number of anilines is 2. The minimum Gasteiger partial charge on any atom is -0.399 e. The van der Waals surface area contributed by atoms with Gasteiger partial charge in [0.2, 0.25) is 5.91 Å². The van der Waals surface area contributed by atoms with Crippen LogP contribution in [0.2, 0.25) is 0 Å². The maximum atomic E-state index is 12.8. The van der Waals surface area contributed by atoms with Gasteiger partial charge in [-0.2, -0.15) is 0 Å². The Balaban J connectivity index is 2.00. The molecule has 1 heterocycles. The molecule has 3 nitrogen and oxygen atoms in total. The average molecular weight is 359 g/mol. The molecule has 2 aromatic rings. The monoisotopic (exact) mass is 358 g/mol. The van der Waals surface area contributed by atoms with E-state index in [9.17, 15) is 4.79 Å². The highest BCUT2D eigenvalue weighted by Crippen LogP contribution is 2.41. The second kappa shape index (κ2) is 6.13. The summed E-state index contributed by atoms with van der Waals surface area (Å²) in [6.07, 6.45) is 1.59. The molecule has 0 fully saturated rings. The number of carbonyl (C=O) groups is 1. The van der Waals surface area contributed by atoms with Gasteiger partial charge in [0.05, 0.1) is 5.92 Å². The molecule has 0 saturated carbocycles. The smallest absolute Gasteiger partial charge is 0.234 e. The van der Waals surface area contributed by atoms with E-state index in [0.29, 0.717) is 6.42 Å². The molecule has 0 aliphatic carbocycles. The normalized spacial score (nSPS) is 16.9. The maximum Gasteiger partial charge on any atom is 0.234 e. The fourth-order valence-corrected chi connectivity index (χ4v) is 3.46. The van der Waals surface area contributed by atoms with Crippen LogP contribution in [0.25, 0.3) is 0 Å². The molecule has 1 atom stereocenters. The van der Waals surface area contributed by atoms with Gasteiger partial charge in [0, 0.05) is 22.4 Å². The van der Waals surface area contributed by atoms with Crippen LogP contribution >= 0.6 is 15.9 Å². The molecule has 0 saturated heterocycles. The Hall–Kier alpha value is -1.81. The summed E-state index contributed by atoms with van der Waals surface area (Å²) < 4.78 is 1.00. The molecule has 4 heteroatoms. The summed E-state index contributed by atoms with van der Waals surface area (Å²) in [6, 6.07) is 13.9. The summed E-state index contributed by atoms with van der Waals surface area (Å²) in [4.78, 5) is 14.8. The second-order valence-corrected chi connectivity index (χ2v) is 6.56. The molecule has 0 aromatic heterocycles. The number of halogens is 1. The first-order valence-electron chi connectivity index (χ1n) is 7.56. The van der Waals surface area contributed by atoms with Crippen molar-refractivity contribution < 1.29 is 4.79 Å². The third kappa shape index (κ3) is 2.63. The van der Waals surface area contributed by atoms with Crippen LogP contribution in [0.4, 0.5) is 11.4 Å². The molecule has 1 unspecified atom stereocenters. The van der Waals surface area contributed by atoms with Crippen molar-refractivity contribution in [3.05, 3.63) is 58.1 Å². The number of fused-ring (bicyclic) bond motifs is 1. The predicted molar refractivity (Wildman–Crippen MR) is 94.1 cm³/mol. The molecule has 1 aliphatic rings. The molecule has 2 aromatic carbocycles. The summed E-state index contributed by atoms with van der Waals surface area (Å²) in [5.41, 5.74) is 9.97. The van der Waals surface area contributed by atoms with Crippen molar-refractivity contribution in [2.75, 3.05) is 17.2 Å². The fourth-order valence-electron chi connectivity index (χ4n) is 3.08. The Kier molecular flexibility index (Phi) is 4.21. The van der Waals surface area contributed by atoms with Gasteiger partial charge in [-0.05, 0) is 48.2 Å². The van der Waals surface area contributed by atoms with Gasteiger partial charge in [-0.1, -0.05) is 41.1 Å². The van der Waals surface area contributed by atoms with Gasteiger partial charge >= 0.3 is 0 Å². The Labute approximate surface area is 139 Å². The number of hydrogen-bond donors (Lipinski definition) is 1. The number of rotatable bonds is 4. The molecule has 0 spiro atoms. The molecule has 2 N–H and O–H groups in total. The van der Waals surface area contributed by atoms with E-state index >= 15 is 0 Å². The third-order valence-electron chi connectivity index (χ3n) is 4.15. The first-order valence-corrected chi connectivity index (χ1v) is 8.35. The lowest BCUT2D eigenvalue weighted by Gasteiger charge is -2.17. The van der Waals surface area contributed by atoms with E-state index in [4.69, 9.17) is 5.73 Å². The average Bonchev–Trinajstić information content (AvgIpc) is 2.75. The molecule has 1 aliphatic heterocycles. The van der Waals surface area contributed by atoms with E-state index in [0.717, 1.165) is 39.9 Å². The Morgan fingerprint density at radius 1 is 1.23 bits per heavy atom. The largest absolute Gasteiger partial charge is 0.399 e. The van der Waals surface area contributed by atoms with E-state index in [1.807, 2.05) is 41.3 Å². The molecule has 1 amide bonds. The van der Waals surface area contributed by atoms with Gasteiger partial charge in [0.25, 0.3) is 0 Å². The Morgan fingerprint density at radius 2 is 2.00 bits per heavy atom. The van der Waals surface area contributed by atoms with Crippen molar-refractivity contribution in [3.63, 3.8) is 0 Å². The van der Waals surface area contributed by atoms with Gasteiger partial charge in [-0.25, -0.2) is 0 Å². The Bertz CT molecular complexity index is 714. The number of amides is 1. The zero-order valence-corrected chi connectivity index (χ0v) is 14.1. The van der Waals surface area contributed by atoms with E-state index in [1.165, 1.54) is 0 Å². The van der Waals surface area contributed by atoms with Crippen molar-refractivity contribution >= 4 is 33.2 Å². The molecule has 0 radical (unpaired) electrons. The van der Waals surface area contributed by atoms with Gasteiger partial charge in [-0.15, -0.1) is 0 Å². The first-order chi connectivity index (χ1) is 10.6. The van der Waals surface area contributed by atoms with Gasteiger partial charge in [0.1, 0.15) is 0 Å². The number of carbonyl (C=O) groups excluding carboxylic acids is 1. The summed E-state index contributed by atoms with van der Waals surface area (Å²) in [7, 11) is 0. The Morgan fingerprint density at radius 3 is 2.73 bits per heavy atom. The number of hydrogen-bond acceptors (Lipinski definition) is 2. The van der Waals surface area contributed by atoms with Gasteiger partial charge in [0.15, 0.2) is 0 Å². The van der Waals surface area contributed by atoms with Crippen LogP contribution in [0.1, 0.15) is 30.4 Å². The quantitative estimate of drug-likeness (QED) is 0.835. The molecule has 114 valence electrons.